The van der Waals surface area contributed by atoms with Gasteiger partial charge < -0.3 is 5.11 Å². The third kappa shape index (κ3) is 2.28. The van der Waals surface area contributed by atoms with Crippen molar-refractivity contribution in [2.75, 3.05) is 0 Å². The fourth-order valence-electron chi connectivity index (χ4n) is 1.28. The Morgan fingerprint density at radius 3 is 2.25 bits per heavy atom. The molecule has 0 bridgehead atoms. The zero-order valence-corrected chi connectivity index (χ0v) is 10.4. The fraction of sp³-hybridized carbons (Fsp3) is 0.333. The van der Waals surface area contributed by atoms with Crippen molar-refractivity contribution < 1.29 is 5.11 Å². The Morgan fingerprint density at radius 2 is 1.75 bits per heavy atom. The highest BCUT2D eigenvalue weighted by Gasteiger charge is 2.21. The maximum atomic E-state index is 9.80. The highest BCUT2D eigenvalue weighted by Crippen LogP contribution is 2.29. The summed E-state index contributed by atoms with van der Waals surface area (Å²) in [5.41, 5.74) is 1.34. The van der Waals surface area contributed by atoms with Gasteiger partial charge in [-0.25, -0.2) is 0 Å². The molecular weight excluding hydrogens is 220 g/mol. The zero-order chi connectivity index (χ0) is 11.8. The van der Waals surface area contributed by atoms with Crippen LogP contribution in [0.25, 0.3) is 10.6 Å². The minimum atomic E-state index is -0.916. The van der Waals surface area contributed by atoms with Gasteiger partial charge in [0.1, 0.15) is 15.6 Å². The number of aliphatic hydroxyl groups is 1. The van der Waals surface area contributed by atoms with Crippen LogP contribution in [0.2, 0.25) is 0 Å². The lowest BCUT2D eigenvalue weighted by Crippen LogP contribution is -2.14. The minimum absolute atomic E-state index is 0.642. The standard InChI is InChI=1S/C12H14N2OS/c1-8-4-6-9(7-5-8)10-13-14-11(16-10)12(2,3)15/h4-7,15H,1-3H3. The second-order valence-electron chi connectivity index (χ2n) is 4.34. The van der Waals surface area contributed by atoms with E-state index in [1.165, 1.54) is 16.9 Å². The molecule has 0 unspecified atom stereocenters. The molecule has 0 aliphatic rings. The molecule has 0 fully saturated rings. The van der Waals surface area contributed by atoms with Gasteiger partial charge in [0.25, 0.3) is 0 Å². The summed E-state index contributed by atoms with van der Waals surface area (Å²) in [5, 5.41) is 19.4. The van der Waals surface area contributed by atoms with Crippen LogP contribution in [0.15, 0.2) is 24.3 Å². The Bertz CT molecular complexity index is 482. The van der Waals surface area contributed by atoms with Crippen LogP contribution in [-0.2, 0) is 5.60 Å². The summed E-state index contributed by atoms with van der Waals surface area (Å²) in [4.78, 5) is 0. The van der Waals surface area contributed by atoms with Crippen LogP contribution in [0, 0.1) is 6.92 Å². The van der Waals surface area contributed by atoms with E-state index in [4.69, 9.17) is 0 Å². The molecule has 2 aromatic rings. The van der Waals surface area contributed by atoms with Gasteiger partial charge in [0, 0.05) is 5.56 Å². The molecule has 1 aromatic carbocycles. The lowest BCUT2D eigenvalue weighted by molar-refractivity contribution is 0.0775. The van der Waals surface area contributed by atoms with E-state index < -0.39 is 5.60 Å². The summed E-state index contributed by atoms with van der Waals surface area (Å²) >= 11 is 1.43. The molecule has 0 amide bonds. The molecular formula is C12H14N2OS. The lowest BCUT2D eigenvalue weighted by Gasteiger charge is -2.11. The van der Waals surface area contributed by atoms with Crippen LogP contribution in [0.3, 0.4) is 0 Å². The van der Waals surface area contributed by atoms with E-state index in [0.717, 1.165) is 10.6 Å². The second kappa shape index (κ2) is 3.96. The monoisotopic (exact) mass is 234 g/mol. The first-order valence-electron chi connectivity index (χ1n) is 5.10. The van der Waals surface area contributed by atoms with Crippen molar-refractivity contribution in [1.29, 1.82) is 0 Å². The SMILES string of the molecule is Cc1ccc(-c2nnc(C(C)(C)O)s2)cc1. The van der Waals surface area contributed by atoms with Gasteiger partial charge >= 0.3 is 0 Å². The molecule has 1 N–H and O–H groups in total. The molecule has 0 atom stereocenters. The average Bonchev–Trinajstić information content (AvgIpc) is 2.67. The molecule has 0 spiro atoms. The predicted octanol–water partition coefficient (Wildman–Crippen LogP) is 2.74. The summed E-state index contributed by atoms with van der Waals surface area (Å²) < 4.78 is 0. The molecule has 1 heterocycles. The van der Waals surface area contributed by atoms with Gasteiger partial charge in [-0.3, -0.25) is 0 Å². The number of aromatic nitrogens is 2. The fourth-order valence-corrected chi connectivity index (χ4v) is 2.13. The number of hydrogen-bond acceptors (Lipinski definition) is 4. The van der Waals surface area contributed by atoms with Crippen molar-refractivity contribution in [3.05, 3.63) is 34.8 Å². The van der Waals surface area contributed by atoms with Gasteiger partial charge in [0.15, 0.2) is 0 Å². The Balaban J connectivity index is 2.35. The van der Waals surface area contributed by atoms with Crippen LogP contribution >= 0.6 is 11.3 Å². The van der Waals surface area contributed by atoms with E-state index in [-0.39, 0.29) is 0 Å². The minimum Gasteiger partial charge on any atom is -0.383 e. The summed E-state index contributed by atoms with van der Waals surface area (Å²) in [6, 6.07) is 8.12. The topological polar surface area (TPSA) is 46.0 Å². The smallest absolute Gasteiger partial charge is 0.148 e. The molecule has 3 nitrogen and oxygen atoms in total. The Morgan fingerprint density at radius 1 is 1.12 bits per heavy atom. The first-order valence-corrected chi connectivity index (χ1v) is 5.92. The molecule has 0 saturated heterocycles. The molecule has 4 heteroatoms. The van der Waals surface area contributed by atoms with E-state index in [1.807, 2.05) is 31.2 Å². The van der Waals surface area contributed by atoms with E-state index in [1.54, 1.807) is 13.8 Å². The van der Waals surface area contributed by atoms with Crippen molar-refractivity contribution >= 4 is 11.3 Å². The van der Waals surface area contributed by atoms with Gasteiger partial charge in [0.05, 0.1) is 0 Å². The third-order valence-corrected chi connectivity index (χ3v) is 3.53. The van der Waals surface area contributed by atoms with Crippen molar-refractivity contribution in [2.45, 2.75) is 26.4 Å². The summed E-state index contributed by atoms with van der Waals surface area (Å²) in [5.74, 6) is 0. The van der Waals surface area contributed by atoms with Crippen LogP contribution < -0.4 is 0 Å². The third-order valence-electron chi connectivity index (χ3n) is 2.25. The number of benzene rings is 1. The van der Waals surface area contributed by atoms with Crippen molar-refractivity contribution in [3.8, 4) is 10.6 Å². The predicted molar refractivity (Wildman–Crippen MR) is 65.3 cm³/mol. The summed E-state index contributed by atoms with van der Waals surface area (Å²) in [7, 11) is 0. The summed E-state index contributed by atoms with van der Waals surface area (Å²) in [6.07, 6.45) is 0. The van der Waals surface area contributed by atoms with Gasteiger partial charge in [-0.05, 0) is 20.8 Å². The Kier molecular flexibility index (Phi) is 2.78. The number of hydrogen-bond donors (Lipinski definition) is 1. The van der Waals surface area contributed by atoms with E-state index in [9.17, 15) is 5.11 Å². The van der Waals surface area contributed by atoms with Gasteiger partial charge in [-0.15, -0.1) is 10.2 Å². The highest BCUT2D eigenvalue weighted by atomic mass is 32.1. The molecule has 0 saturated carbocycles. The molecule has 0 radical (unpaired) electrons. The average molecular weight is 234 g/mol. The van der Waals surface area contributed by atoms with E-state index in [0.29, 0.717) is 5.01 Å². The molecule has 0 aliphatic heterocycles. The Labute approximate surface area is 98.8 Å². The largest absolute Gasteiger partial charge is 0.383 e. The summed E-state index contributed by atoms with van der Waals surface area (Å²) in [6.45, 7) is 5.48. The molecule has 84 valence electrons. The molecule has 16 heavy (non-hydrogen) atoms. The Hall–Kier alpha value is -1.26. The number of rotatable bonds is 2. The number of aryl methyl sites for hydroxylation is 1. The highest BCUT2D eigenvalue weighted by molar-refractivity contribution is 7.14. The normalized spacial score (nSPS) is 11.8. The zero-order valence-electron chi connectivity index (χ0n) is 9.56. The van der Waals surface area contributed by atoms with Gasteiger partial charge in [-0.1, -0.05) is 41.2 Å². The lowest BCUT2D eigenvalue weighted by atomic mass is 10.2. The van der Waals surface area contributed by atoms with Crippen LogP contribution in [0.5, 0.6) is 0 Å². The first kappa shape index (κ1) is 11.2. The van der Waals surface area contributed by atoms with Crippen molar-refractivity contribution in [2.24, 2.45) is 0 Å². The first-order chi connectivity index (χ1) is 7.47. The number of nitrogens with zero attached hydrogens (tertiary/aromatic N) is 2. The molecule has 0 aliphatic carbocycles. The van der Waals surface area contributed by atoms with E-state index in [2.05, 4.69) is 10.2 Å². The second-order valence-corrected chi connectivity index (χ2v) is 5.31. The quantitative estimate of drug-likeness (QED) is 0.869. The van der Waals surface area contributed by atoms with Gasteiger partial charge in [0.2, 0.25) is 0 Å². The molecule has 1 aromatic heterocycles. The molecule has 2 rings (SSSR count). The van der Waals surface area contributed by atoms with Crippen LogP contribution in [0.4, 0.5) is 0 Å². The maximum absolute atomic E-state index is 9.80. The van der Waals surface area contributed by atoms with E-state index >= 15 is 0 Å². The van der Waals surface area contributed by atoms with Crippen LogP contribution in [0.1, 0.15) is 24.4 Å². The van der Waals surface area contributed by atoms with Crippen molar-refractivity contribution in [3.63, 3.8) is 0 Å². The van der Waals surface area contributed by atoms with Crippen molar-refractivity contribution in [1.82, 2.24) is 10.2 Å². The maximum Gasteiger partial charge on any atom is 0.148 e. The van der Waals surface area contributed by atoms with Gasteiger partial charge in [-0.2, -0.15) is 0 Å². The van der Waals surface area contributed by atoms with Crippen LogP contribution in [-0.4, -0.2) is 15.3 Å².